The fraction of sp³-hybridized carbons (Fsp3) is 0.731. The number of aliphatic hydroxyl groups excluding tert-OH is 1. The highest BCUT2D eigenvalue weighted by Crippen LogP contribution is 2.38. The minimum Gasteiger partial charge on any atom is -0.497 e. The summed E-state index contributed by atoms with van der Waals surface area (Å²) >= 11 is 3.42. The SMILES string of the molecule is CCOC(=O)[C@](C)(Br)[C@@H](O)[C@H](C)[C@@H](OCc1ccc(OC)cc1)[C@@H](C)CO[Si](C)(C)C(C)(C)C. The second-order valence-corrected chi connectivity index (χ2v) is 17.2. The zero-order chi connectivity index (χ0) is 26.3. The Morgan fingerprint density at radius 2 is 1.68 bits per heavy atom. The van der Waals surface area contributed by atoms with Crippen LogP contribution in [0.25, 0.3) is 0 Å². The molecule has 196 valence electrons. The molecule has 1 rings (SSSR count). The van der Waals surface area contributed by atoms with Crippen LogP contribution in [0.15, 0.2) is 24.3 Å². The lowest BCUT2D eigenvalue weighted by atomic mass is 9.84. The molecular weight excluding hydrogens is 516 g/mol. The molecule has 0 aromatic heterocycles. The van der Waals surface area contributed by atoms with Gasteiger partial charge in [0.2, 0.25) is 0 Å². The summed E-state index contributed by atoms with van der Waals surface area (Å²) in [6, 6.07) is 7.71. The molecule has 0 amide bonds. The maximum Gasteiger partial charge on any atom is 0.325 e. The van der Waals surface area contributed by atoms with E-state index in [0.29, 0.717) is 13.2 Å². The van der Waals surface area contributed by atoms with Gasteiger partial charge in [0, 0.05) is 18.4 Å². The van der Waals surface area contributed by atoms with Crippen molar-refractivity contribution in [1.82, 2.24) is 0 Å². The summed E-state index contributed by atoms with van der Waals surface area (Å²) in [5.41, 5.74) is 0.997. The zero-order valence-electron chi connectivity index (χ0n) is 22.6. The molecule has 0 radical (unpaired) electrons. The van der Waals surface area contributed by atoms with Crippen molar-refractivity contribution in [2.45, 2.75) is 89.7 Å². The maximum atomic E-state index is 12.5. The van der Waals surface area contributed by atoms with Crippen molar-refractivity contribution in [1.29, 1.82) is 0 Å². The van der Waals surface area contributed by atoms with Crippen molar-refractivity contribution in [2.24, 2.45) is 11.8 Å². The molecule has 0 heterocycles. The van der Waals surface area contributed by atoms with Crippen LogP contribution in [-0.4, -0.2) is 56.2 Å². The number of hydrogen-bond donors (Lipinski definition) is 1. The number of aliphatic hydroxyl groups is 1. The first-order valence-electron chi connectivity index (χ1n) is 12.0. The molecule has 0 bridgehead atoms. The van der Waals surface area contributed by atoms with E-state index in [4.69, 9.17) is 18.6 Å². The van der Waals surface area contributed by atoms with E-state index in [2.05, 4.69) is 56.7 Å². The van der Waals surface area contributed by atoms with Gasteiger partial charge >= 0.3 is 5.97 Å². The number of carbonyl (C=O) groups excluding carboxylic acids is 1. The van der Waals surface area contributed by atoms with Crippen molar-refractivity contribution in [3.05, 3.63) is 29.8 Å². The largest absolute Gasteiger partial charge is 0.497 e. The normalized spacial score (nSPS) is 17.9. The molecule has 0 aliphatic carbocycles. The van der Waals surface area contributed by atoms with E-state index in [0.717, 1.165) is 11.3 Å². The summed E-state index contributed by atoms with van der Waals surface area (Å²) in [4.78, 5) is 12.5. The van der Waals surface area contributed by atoms with Gasteiger partial charge in [-0.1, -0.05) is 62.7 Å². The van der Waals surface area contributed by atoms with Crippen LogP contribution in [0.5, 0.6) is 5.75 Å². The van der Waals surface area contributed by atoms with Crippen molar-refractivity contribution < 1.29 is 28.5 Å². The van der Waals surface area contributed by atoms with E-state index < -0.39 is 24.7 Å². The lowest BCUT2D eigenvalue weighted by molar-refractivity contribution is -0.151. The highest BCUT2D eigenvalue weighted by molar-refractivity contribution is 9.10. The van der Waals surface area contributed by atoms with Crippen LogP contribution in [0.1, 0.15) is 54.0 Å². The van der Waals surface area contributed by atoms with Gasteiger partial charge in [-0.05, 0) is 49.7 Å². The lowest BCUT2D eigenvalue weighted by Crippen LogP contribution is -2.51. The van der Waals surface area contributed by atoms with Gasteiger partial charge in [-0.15, -0.1) is 0 Å². The molecule has 0 spiro atoms. The monoisotopic (exact) mass is 560 g/mol. The predicted molar refractivity (Wildman–Crippen MR) is 143 cm³/mol. The molecule has 8 heteroatoms. The van der Waals surface area contributed by atoms with E-state index in [1.54, 1.807) is 21.0 Å². The minimum absolute atomic E-state index is 0.0116. The Labute approximate surface area is 216 Å². The second kappa shape index (κ2) is 12.9. The number of halogens is 1. The van der Waals surface area contributed by atoms with Crippen molar-refractivity contribution >= 4 is 30.2 Å². The average Bonchev–Trinajstić information content (AvgIpc) is 2.76. The van der Waals surface area contributed by atoms with Crippen LogP contribution in [0, 0.1) is 11.8 Å². The Kier molecular flexibility index (Phi) is 11.8. The van der Waals surface area contributed by atoms with Crippen LogP contribution in [0.4, 0.5) is 0 Å². The molecule has 0 saturated carbocycles. The number of benzene rings is 1. The number of esters is 1. The molecule has 0 fully saturated rings. The third-order valence-corrected chi connectivity index (χ3v) is 12.2. The Hall–Kier alpha value is -0.933. The highest BCUT2D eigenvalue weighted by Gasteiger charge is 2.46. The molecule has 0 aliphatic heterocycles. The minimum atomic E-state index is -1.95. The first-order valence-corrected chi connectivity index (χ1v) is 15.7. The van der Waals surface area contributed by atoms with Gasteiger partial charge in [0.05, 0.1) is 32.5 Å². The summed E-state index contributed by atoms with van der Waals surface area (Å²) in [6.45, 7) is 19.6. The summed E-state index contributed by atoms with van der Waals surface area (Å²) in [5.74, 6) is -0.0919. The number of methoxy groups -OCH3 is 1. The van der Waals surface area contributed by atoms with Gasteiger partial charge in [0.1, 0.15) is 10.1 Å². The predicted octanol–water partition coefficient (Wildman–Crippen LogP) is 5.95. The van der Waals surface area contributed by atoms with Crippen molar-refractivity contribution in [2.75, 3.05) is 20.3 Å². The van der Waals surface area contributed by atoms with Crippen LogP contribution < -0.4 is 4.74 Å². The van der Waals surface area contributed by atoms with Crippen molar-refractivity contribution in [3.8, 4) is 5.75 Å². The highest BCUT2D eigenvalue weighted by atomic mass is 79.9. The Morgan fingerprint density at radius 3 is 2.15 bits per heavy atom. The van der Waals surface area contributed by atoms with E-state index >= 15 is 0 Å². The number of alkyl halides is 1. The van der Waals surface area contributed by atoms with Crippen LogP contribution in [0.3, 0.4) is 0 Å². The molecule has 0 aliphatic rings. The number of hydrogen-bond acceptors (Lipinski definition) is 6. The summed E-state index contributed by atoms with van der Waals surface area (Å²) in [5, 5.41) is 11.3. The summed E-state index contributed by atoms with van der Waals surface area (Å²) < 4.78 is 22.0. The molecule has 0 unspecified atom stereocenters. The number of carbonyl (C=O) groups is 1. The molecule has 34 heavy (non-hydrogen) atoms. The summed E-state index contributed by atoms with van der Waals surface area (Å²) in [7, 11) is -0.319. The van der Waals surface area contributed by atoms with Gasteiger partial charge < -0.3 is 23.7 Å². The second-order valence-electron chi connectivity index (χ2n) is 10.8. The van der Waals surface area contributed by atoms with Gasteiger partial charge in [-0.3, -0.25) is 4.79 Å². The van der Waals surface area contributed by atoms with Crippen molar-refractivity contribution in [3.63, 3.8) is 0 Å². The fourth-order valence-electron chi connectivity index (χ4n) is 3.47. The van der Waals surface area contributed by atoms with Gasteiger partial charge in [0.25, 0.3) is 0 Å². The zero-order valence-corrected chi connectivity index (χ0v) is 25.2. The first-order chi connectivity index (χ1) is 15.6. The number of ether oxygens (including phenoxy) is 3. The average molecular weight is 562 g/mol. The molecule has 1 aromatic rings. The van der Waals surface area contributed by atoms with E-state index in [9.17, 15) is 9.90 Å². The van der Waals surface area contributed by atoms with Gasteiger partial charge in [-0.2, -0.15) is 0 Å². The van der Waals surface area contributed by atoms with Gasteiger partial charge in [-0.25, -0.2) is 0 Å². The smallest absolute Gasteiger partial charge is 0.325 e. The third-order valence-electron chi connectivity index (χ3n) is 6.92. The molecular formula is C26H45BrO6Si. The van der Waals surface area contributed by atoms with Crippen LogP contribution in [-0.2, 0) is 25.3 Å². The molecule has 0 saturated heterocycles. The third kappa shape index (κ3) is 8.33. The molecule has 5 atom stereocenters. The Balaban J connectivity index is 3.10. The summed E-state index contributed by atoms with van der Waals surface area (Å²) in [6.07, 6.45) is -1.38. The van der Waals surface area contributed by atoms with Crippen LogP contribution >= 0.6 is 15.9 Å². The van der Waals surface area contributed by atoms with Gasteiger partial charge in [0.15, 0.2) is 8.32 Å². The van der Waals surface area contributed by atoms with E-state index in [1.807, 2.05) is 31.2 Å². The Bertz CT molecular complexity index is 760. The van der Waals surface area contributed by atoms with E-state index in [1.165, 1.54) is 0 Å². The maximum absolute atomic E-state index is 12.5. The standard InChI is InChI=1S/C26H45BrO6Si/c1-11-31-24(29)26(7,27)23(28)19(3)22(18(2)16-33-34(9,10)25(4,5)6)32-17-20-12-14-21(30-8)15-13-20/h12-15,18-19,22-23,28H,11,16-17H2,1-10H3/t18-,19+,22-,23-,26+/m0/s1. The quantitative estimate of drug-likeness (QED) is 0.182. The topological polar surface area (TPSA) is 74.2 Å². The molecule has 6 nitrogen and oxygen atoms in total. The molecule has 1 aromatic carbocycles. The Morgan fingerprint density at radius 1 is 1.12 bits per heavy atom. The van der Waals surface area contributed by atoms with Crippen LogP contribution in [0.2, 0.25) is 18.1 Å². The lowest BCUT2D eigenvalue weighted by Gasteiger charge is -2.40. The fourth-order valence-corrected chi connectivity index (χ4v) is 5.11. The first kappa shape index (κ1) is 31.1. The molecule has 1 N–H and O–H groups in total. The van der Waals surface area contributed by atoms with E-state index in [-0.39, 0.29) is 29.6 Å². The number of rotatable bonds is 13.